The molecule has 3 heterocycles. The number of anilines is 1. The van der Waals surface area contributed by atoms with E-state index in [9.17, 15) is 10.2 Å². The second-order valence-corrected chi connectivity index (χ2v) is 10.2. The zero-order valence-corrected chi connectivity index (χ0v) is 20.3. The molecule has 2 aromatic heterocycles. The van der Waals surface area contributed by atoms with Crippen LogP contribution in [0.1, 0.15) is 42.0 Å². The summed E-state index contributed by atoms with van der Waals surface area (Å²) < 4.78 is 0. The number of nitrogens with two attached hydrogens (primary N) is 1. The average Bonchev–Trinajstić information content (AvgIpc) is 3.40. The Morgan fingerprint density at radius 1 is 1.06 bits per heavy atom. The van der Waals surface area contributed by atoms with E-state index in [0.29, 0.717) is 51.4 Å². The van der Waals surface area contributed by atoms with E-state index >= 15 is 0 Å². The van der Waals surface area contributed by atoms with Gasteiger partial charge in [-0.3, -0.25) is 5.10 Å². The molecule has 1 atom stereocenters. The second-order valence-electron chi connectivity index (χ2n) is 9.38. The van der Waals surface area contributed by atoms with Crippen molar-refractivity contribution in [3.63, 3.8) is 0 Å². The lowest BCUT2D eigenvalue weighted by Gasteiger charge is -2.42. The fourth-order valence-electron chi connectivity index (χ4n) is 5.62. The van der Waals surface area contributed by atoms with Crippen molar-refractivity contribution in [2.75, 3.05) is 18.0 Å². The van der Waals surface area contributed by atoms with E-state index in [1.54, 1.807) is 18.2 Å². The lowest BCUT2D eigenvalue weighted by molar-refractivity contribution is -0.0445. The van der Waals surface area contributed by atoms with Gasteiger partial charge < -0.3 is 20.8 Å². The standard InChI is InChI=1S/C25H24Cl2N6O2/c26-16-7-3-6-15(18(16)27)19-17-20(23(34)35)29-24(30-22(17)32-31-19)33-10-8-25(9-11-33)12-13-4-1-2-5-14(13)21(25)28/h1-7,21,23,34-35H,8-12,28H2,(H,29,30,31,32)/t21-/m1/s1. The highest BCUT2D eigenvalue weighted by atomic mass is 35.5. The van der Waals surface area contributed by atoms with Crippen LogP contribution < -0.4 is 10.6 Å². The van der Waals surface area contributed by atoms with E-state index in [0.717, 1.165) is 19.3 Å². The van der Waals surface area contributed by atoms with Gasteiger partial charge in [0.25, 0.3) is 0 Å². The molecule has 0 saturated carbocycles. The van der Waals surface area contributed by atoms with Crippen LogP contribution in [0, 0.1) is 5.41 Å². The summed E-state index contributed by atoms with van der Waals surface area (Å²) >= 11 is 12.6. The molecule has 180 valence electrons. The van der Waals surface area contributed by atoms with Crippen LogP contribution in [-0.2, 0) is 6.42 Å². The van der Waals surface area contributed by atoms with Crippen LogP contribution in [0.4, 0.5) is 5.95 Å². The smallest absolute Gasteiger partial charge is 0.227 e. The number of piperidine rings is 1. The molecule has 1 saturated heterocycles. The first-order chi connectivity index (χ1) is 16.9. The predicted octanol–water partition coefficient (Wildman–Crippen LogP) is 4.15. The van der Waals surface area contributed by atoms with Crippen LogP contribution in [-0.4, -0.2) is 43.5 Å². The van der Waals surface area contributed by atoms with Gasteiger partial charge in [0, 0.05) is 24.7 Å². The Morgan fingerprint density at radius 3 is 2.57 bits per heavy atom. The summed E-state index contributed by atoms with van der Waals surface area (Å²) in [4.78, 5) is 11.3. The molecule has 2 aromatic carbocycles. The number of rotatable bonds is 3. The highest BCUT2D eigenvalue weighted by Gasteiger charge is 2.46. The number of aromatic nitrogens is 4. The minimum absolute atomic E-state index is 0.00965. The number of aliphatic hydroxyl groups excluding tert-OH is 1. The van der Waals surface area contributed by atoms with Crippen LogP contribution in [0.3, 0.4) is 0 Å². The number of aromatic amines is 1. The topological polar surface area (TPSA) is 124 Å². The molecule has 1 aliphatic carbocycles. The van der Waals surface area contributed by atoms with Crippen LogP contribution in [0.2, 0.25) is 10.0 Å². The number of H-pyrrole nitrogens is 1. The Morgan fingerprint density at radius 2 is 1.83 bits per heavy atom. The molecule has 0 amide bonds. The summed E-state index contributed by atoms with van der Waals surface area (Å²) in [6.45, 7) is 1.43. The number of halogens is 2. The fourth-order valence-corrected chi connectivity index (χ4v) is 6.01. The molecule has 35 heavy (non-hydrogen) atoms. The lowest BCUT2D eigenvalue weighted by Crippen LogP contribution is -2.45. The highest BCUT2D eigenvalue weighted by molar-refractivity contribution is 6.43. The number of nitrogens with one attached hydrogen (secondary N) is 1. The minimum atomic E-state index is -1.82. The lowest BCUT2D eigenvalue weighted by atomic mass is 9.73. The van der Waals surface area contributed by atoms with Crippen molar-refractivity contribution in [1.29, 1.82) is 0 Å². The number of aliphatic hydroxyl groups is 2. The summed E-state index contributed by atoms with van der Waals surface area (Å²) in [5, 5.41) is 28.7. The maximum atomic E-state index is 10.2. The Labute approximate surface area is 211 Å². The largest absolute Gasteiger partial charge is 0.363 e. The van der Waals surface area contributed by atoms with E-state index in [1.807, 2.05) is 6.07 Å². The first-order valence-corrected chi connectivity index (χ1v) is 12.3. The Hall–Kier alpha value is -2.75. The molecule has 0 unspecified atom stereocenters. The van der Waals surface area contributed by atoms with E-state index < -0.39 is 6.29 Å². The van der Waals surface area contributed by atoms with Gasteiger partial charge in [-0.1, -0.05) is 59.6 Å². The molecule has 0 bridgehead atoms. The van der Waals surface area contributed by atoms with Crippen molar-refractivity contribution in [3.05, 3.63) is 69.3 Å². The fraction of sp³-hybridized carbons (Fsp3) is 0.320. The molecular formula is C25H24Cl2N6O2. The number of hydrogen-bond donors (Lipinski definition) is 4. The molecule has 1 fully saturated rings. The van der Waals surface area contributed by atoms with Gasteiger partial charge >= 0.3 is 0 Å². The van der Waals surface area contributed by atoms with Gasteiger partial charge in [-0.05, 0) is 41.9 Å². The van der Waals surface area contributed by atoms with E-state index in [1.165, 1.54) is 11.1 Å². The highest BCUT2D eigenvalue weighted by Crippen LogP contribution is 2.51. The summed E-state index contributed by atoms with van der Waals surface area (Å²) in [5.74, 6) is 0.412. The molecule has 6 rings (SSSR count). The molecular weight excluding hydrogens is 487 g/mol. The Balaban J connectivity index is 1.33. The van der Waals surface area contributed by atoms with Gasteiger partial charge in [0.2, 0.25) is 5.95 Å². The predicted molar refractivity (Wildman–Crippen MR) is 135 cm³/mol. The van der Waals surface area contributed by atoms with Gasteiger partial charge in [0.15, 0.2) is 11.9 Å². The molecule has 0 radical (unpaired) electrons. The average molecular weight is 511 g/mol. The maximum Gasteiger partial charge on any atom is 0.227 e. The van der Waals surface area contributed by atoms with Crippen molar-refractivity contribution < 1.29 is 10.2 Å². The molecule has 4 aromatic rings. The van der Waals surface area contributed by atoms with E-state index in [2.05, 4.69) is 43.3 Å². The molecule has 5 N–H and O–H groups in total. The normalized spacial score (nSPS) is 19.1. The van der Waals surface area contributed by atoms with Crippen molar-refractivity contribution in [2.24, 2.45) is 11.1 Å². The van der Waals surface area contributed by atoms with E-state index in [4.69, 9.17) is 28.9 Å². The van der Waals surface area contributed by atoms with Crippen LogP contribution in [0.25, 0.3) is 22.3 Å². The minimum Gasteiger partial charge on any atom is -0.363 e. The van der Waals surface area contributed by atoms with Crippen molar-refractivity contribution in [3.8, 4) is 11.3 Å². The molecule has 10 heteroatoms. The first-order valence-electron chi connectivity index (χ1n) is 11.5. The summed E-state index contributed by atoms with van der Waals surface area (Å²) in [5.41, 5.74) is 10.8. The zero-order chi connectivity index (χ0) is 24.3. The summed E-state index contributed by atoms with van der Waals surface area (Å²) in [6, 6.07) is 13.6. The number of nitrogens with zero attached hydrogens (tertiary/aromatic N) is 4. The maximum absolute atomic E-state index is 10.2. The number of fused-ring (bicyclic) bond motifs is 2. The van der Waals surface area contributed by atoms with Crippen LogP contribution in [0.5, 0.6) is 0 Å². The third kappa shape index (κ3) is 3.59. The Bertz CT molecular complexity index is 1430. The monoisotopic (exact) mass is 510 g/mol. The molecule has 1 aliphatic heterocycles. The van der Waals surface area contributed by atoms with Crippen molar-refractivity contribution in [1.82, 2.24) is 20.2 Å². The molecule has 1 spiro atoms. The molecule has 2 aliphatic rings. The van der Waals surface area contributed by atoms with Gasteiger partial charge in [-0.15, -0.1) is 0 Å². The van der Waals surface area contributed by atoms with Crippen LogP contribution >= 0.6 is 23.2 Å². The van der Waals surface area contributed by atoms with Gasteiger partial charge in [0.05, 0.1) is 21.1 Å². The second kappa shape index (κ2) is 8.43. The third-order valence-electron chi connectivity index (χ3n) is 7.53. The van der Waals surface area contributed by atoms with Crippen molar-refractivity contribution in [2.45, 2.75) is 31.6 Å². The zero-order valence-electron chi connectivity index (χ0n) is 18.7. The van der Waals surface area contributed by atoms with Crippen molar-refractivity contribution >= 4 is 40.2 Å². The third-order valence-corrected chi connectivity index (χ3v) is 8.35. The Kier molecular flexibility index (Phi) is 5.47. The number of hydrogen-bond acceptors (Lipinski definition) is 7. The first kappa shape index (κ1) is 22.7. The van der Waals surface area contributed by atoms with Gasteiger partial charge in [-0.25, -0.2) is 4.98 Å². The summed E-state index contributed by atoms with van der Waals surface area (Å²) in [6.07, 6.45) is 0.945. The summed E-state index contributed by atoms with van der Waals surface area (Å²) in [7, 11) is 0. The number of benzene rings is 2. The van der Waals surface area contributed by atoms with Crippen LogP contribution in [0.15, 0.2) is 42.5 Å². The van der Waals surface area contributed by atoms with Gasteiger partial charge in [0.1, 0.15) is 5.69 Å². The molecule has 8 nitrogen and oxygen atoms in total. The van der Waals surface area contributed by atoms with Gasteiger partial charge in [-0.2, -0.15) is 10.1 Å². The SMILES string of the molecule is N[C@@H]1c2ccccc2CC12CCN(c1nc(C(O)O)c3c(-c4cccc(Cl)c4Cl)[nH]nc3n1)CC2. The van der Waals surface area contributed by atoms with E-state index in [-0.39, 0.29) is 17.2 Å². The quantitative estimate of drug-likeness (QED) is 0.305.